The number of carbonyl (C=O) groups excluding carboxylic acids is 1. The number of amides is 1. The van der Waals surface area contributed by atoms with Gasteiger partial charge in [-0.15, -0.1) is 0 Å². The molecule has 0 aliphatic heterocycles. The lowest BCUT2D eigenvalue weighted by molar-refractivity contribution is 0.0719. The molecule has 0 radical (unpaired) electrons. The predicted octanol–water partition coefficient (Wildman–Crippen LogP) is 3.73. The fourth-order valence-electron chi connectivity index (χ4n) is 2.72. The number of hydrogen-bond acceptors (Lipinski definition) is 2. The first-order valence-electron chi connectivity index (χ1n) is 7.85. The van der Waals surface area contributed by atoms with Gasteiger partial charge in [-0.2, -0.15) is 0 Å². The Morgan fingerprint density at radius 3 is 2.73 bits per heavy atom. The fraction of sp³-hybridized carbons (Fsp3) is 0.444. The van der Waals surface area contributed by atoms with Gasteiger partial charge in [-0.25, -0.2) is 0 Å². The SMILES string of the molecule is CCCCC(c1cccnc1)N(C)C(=O)c1ccn(C)c1C. The van der Waals surface area contributed by atoms with Crippen molar-refractivity contribution in [3.63, 3.8) is 0 Å². The molecule has 0 aliphatic rings. The third-order valence-corrected chi connectivity index (χ3v) is 4.30. The van der Waals surface area contributed by atoms with E-state index in [1.165, 1.54) is 0 Å². The minimum absolute atomic E-state index is 0.0701. The second kappa shape index (κ2) is 7.25. The lowest BCUT2D eigenvalue weighted by Gasteiger charge is -2.28. The van der Waals surface area contributed by atoms with Gasteiger partial charge < -0.3 is 9.47 Å². The third kappa shape index (κ3) is 3.38. The molecule has 1 atom stereocenters. The van der Waals surface area contributed by atoms with Crippen LogP contribution in [0.5, 0.6) is 0 Å². The fourth-order valence-corrected chi connectivity index (χ4v) is 2.72. The Balaban J connectivity index is 2.27. The molecular formula is C18H25N3O. The Hall–Kier alpha value is -2.10. The Bertz CT molecular complexity index is 619. The second-order valence-electron chi connectivity index (χ2n) is 5.79. The topological polar surface area (TPSA) is 38.1 Å². The summed E-state index contributed by atoms with van der Waals surface area (Å²) in [6.07, 6.45) is 8.72. The quantitative estimate of drug-likeness (QED) is 0.815. The van der Waals surface area contributed by atoms with Crippen LogP contribution in [0.1, 0.15) is 53.8 Å². The van der Waals surface area contributed by atoms with Crippen molar-refractivity contribution in [1.29, 1.82) is 0 Å². The smallest absolute Gasteiger partial charge is 0.255 e. The molecule has 4 heteroatoms. The van der Waals surface area contributed by atoms with E-state index in [0.717, 1.165) is 36.1 Å². The highest BCUT2D eigenvalue weighted by molar-refractivity contribution is 5.95. The summed E-state index contributed by atoms with van der Waals surface area (Å²) in [6, 6.07) is 5.95. The highest BCUT2D eigenvalue weighted by Gasteiger charge is 2.24. The number of pyridine rings is 1. The van der Waals surface area contributed by atoms with Gasteiger partial charge >= 0.3 is 0 Å². The summed E-state index contributed by atoms with van der Waals surface area (Å²) in [4.78, 5) is 18.9. The summed E-state index contributed by atoms with van der Waals surface area (Å²) in [7, 11) is 3.85. The van der Waals surface area contributed by atoms with Crippen LogP contribution in [0.4, 0.5) is 0 Å². The van der Waals surface area contributed by atoms with Crippen LogP contribution in [0.15, 0.2) is 36.8 Å². The molecule has 2 aromatic rings. The van der Waals surface area contributed by atoms with Crippen LogP contribution in [0.2, 0.25) is 0 Å². The first kappa shape index (κ1) is 16.3. The largest absolute Gasteiger partial charge is 0.354 e. The number of aromatic nitrogens is 2. The van der Waals surface area contributed by atoms with Crippen LogP contribution < -0.4 is 0 Å². The van der Waals surface area contributed by atoms with Gasteiger partial charge in [0, 0.05) is 38.4 Å². The van der Waals surface area contributed by atoms with E-state index in [1.807, 2.05) is 55.0 Å². The lowest BCUT2D eigenvalue weighted by Crippen LogP contribution is -2.31. The Kier molecular flexibility index (Phi) is 5.36. The zero-order chi connectivity index (χ0) is 16.1. The van der Waals surface area contributed by atoms with Crippen LogP contribution in [-0.4, -0.2) is 27.4 Å². The van der Waals surface area contributed by atoms with Crippen LogP contribution in [0.3, 0.4) is 0 Å². The van der Waals surface area contributed by atoms with Crippen molar-refractivity contribution in [2.45, 2.75) is 39.2 Å². The standard InChI is InChI=1S/C18H25N3O/c1-5-6-9-17(15-8-7-11-19-13-15)21(4)18(22)16-10-12-20(3)14(16)2/h7-8,10-13,17H,5-6,9H2,1-4H3. The zero-order valence-electron chi connectivity index (χ0n) is 13.9. The number of aryl methyl sites for hydroxylation is 1. The van der Waals surface area contributed by atoms with Crippen LogP contribution >= 0.6 is 0 Å². The molecule has 2 aromatic heterocycles. The average Bonchev–Trinajstić information content (AvgIpc) is 2.87. The molecule has 0 aromatic carbocycles. The molecule has 1 unspecified atom stereocenters. The van der Waals surface area contributed by atoms with Gasteiger partial charge in [0.2, 0.25) is 0 Å². The molecule has 0 spiro atoms. The van der Waals surface area contributed by atoms with E-state index < -0.39 is 0 Å². The van der Waals surface area contributed by atoms with Crippen molar-refractivity contribution in [1.82, 2.24) is 14.5 Å². The monoisotopic (exact) mass is 299 g/mol. The Morgan fingerprint density at radius 1 is 1.41 bits per heavy atom. The number of carbonyl (C=O) groups is 1. The predicted molar refractivity (Wildman–Crippen MR) is 88.7 cm³/mol. The third-order valence-electron chi connectivity index (χ3n) is 4.30. The van der Waals surface area contributed by atoms with E-state index in [9.17, 15) is 4.79 Å². The van der Waals surface area contributed by atoms with E-state index in [-0.39, 0.29) is 11.9 Å². The highest BCUT2D eigenvalue weighted by Crippen LogP contribution is 2.26. The normalized spacial score (nSPS) is 12.2. The average molecular weight is 299 g/mol. The molecular weight excluding hydrogens is 274 g/mol. The van der Waals surface area contributed by atoms with Crippen molar-refractivity contribution in [3.05, 3.63) is 53.6 Å². The Labute approximate surface area is 132 Å². The number of unbranched alkanes of at least 4 members (excludes halogenated alkanes) is 1. The molecule has 0 N–H and O–H groups in total. The van der Waals surface area contributed by atoms with Crippen molar-refractivity contribution in [2.24, 2.45) is 7.05 Å². The molecule has 0 fully saturated rings. The molecule has 0 bridgehead atoms. The van der Waals surface area contributed by atoms with Crippen LogP contribution in [0, 0.1) is 6.92 Å². The van der Waals surface area contributed by atoms with Crippen molar-refractivity contribution >= 4 is 5.91 Å². The summed E-state index contributed by atoms with van der Waals surface area (Å²) < 4.78 is 1.98. The van der Waals surface area contributed by atoms with Gasteiger partial charge in [0.15, 0.2) is 0 Å². The first-order valence-corrected chi connectivity index (χ1v) is 7.85. The van der Waals surface area contributed by atoms with Gasteiger partial charge in [-0.05, 0) is 31.0 Å². The number of rotatable bonds is 6. The van der Waals surface area contributed by atoms with E-state index in [0.29, 0.717) is 0 Å². The second-order valence-corrected chi connectivity index (χ2v) is 5.79. The van der Waals surface area contributed by atoms with Crippen molar-refractivity contribution < 1.29 is 4.79 Å². The van der Waals surface area contributed by atoms with Gasteiger partial charge in [-0.3, -0.25) is 9.78 Å². The minimum atomic E-state index is 0.0701. The van der Waals surface area contributed by atoms with Gasteiger partial charge in [-0.1, -0.05) is 25.8 Å². The maximum atomic E-state index is 12.8. The first-order chi connectivity index (χ1) is 10.6. The summed E-state index contributed by atoms with van der Waals surface area (Å²) in [6.45, 7) is 4.15. The molecule has 118 valence electrons. The molecule has 0 saturated heterocycles. The molecule has 2 heterocycles. The molecule has 1 amide bonds. The lowest BCUT2D eigenvalue weighted by atomic mass is 10.0. The molecule has 22 heavy (non-hydrogen) atoms. The van der Waals surface area contributed by atoms with Crippen molar-refractivity contribution in [3.8, 4) is 0 Å². The van der Waals surface area contributed by atoms with Crippen LogP contribution in [0.25, 0.3) is 0 Å². The van der Waals surface area contributed by atoms with Crippen LogP contribution in [-0.2, 0) is 7.05 Å². The van der Waals surface area contributed by atoms with E-state index in [1.54, 1.807) is 6.20 Å². The van der Waals surface area contributed by atoms with Gasteiger partial charge in [0.25, 0.3) is 5.91 Å². The maximum absolute atomic E-state index is 12.8. The van der Waals surface area contributed by atoms with E-state index >= 15 is 0 Å². The van der Waals surface area contributed by atoms with Crippen molar-refractivity contribution in [2.75, 3.05) is 7.05 Å². The molecule has 0 saturated carbocycles. The van der Waals surface area contributed by atoms with E-state index in [4.69, 9.17) is 0 Å². The van der Waals surface area contributed by atoms with Gasteiger partial charge in [0.05, 0.1) is 11.6 Å². The minimum Gasteiger partial charge on any atom is -0.354 e. The zero-order valence-corrected chi connectivity index (χ0v) is 13.9. The number of hydrogen-bond donors (Lipinski definition) is 0. The van der Waals surface area contributed by atoms with Gasteiger partial charge in [0.1, 0.15) is 0 Å². The number of nitrogens with zero attached hydrogens (tertiary/aromatic N) is 3. The molecule has 0 aliphatic carbocycles. The summed E-state index contributed by atoms with van der Waals surface area (Å²) in [5, 5.41) is 0. The van der Waals surface area contributed by atoms with E-state index in [2.05, 4.69) is 18.0 Å². The summed E-state index contributed by atoms with van der Waals surface area (Å²) >= 11 is 0. The highest BCUT2D eigenvalue weighted by atomic mass is 16.2. The maximum Gasteiger partial charge on any atom is 0.255 e. The Morgan fingerprint density at radius 2 is 2.18 bits per heavy atom. The summed E-state index contributed by atoms with van der Waals surface area (Å²) in [5.41, 5.74) is 2.87. The summed E-state index contributed by atoms with van der Waals surface area (Å²) in [5.74, 6) is 0.0723. The molecule has 2 rings (SSSR count). The molecule has 4 nitrogen and oxygen atoms in total.